The minimum absolute atomic E-state index is 0.864. The van der Waals surface area contributed by atoms with Crippen LogP contribution >= 0.6 is 9.47 Å². The number of rotatable bonds is 3. The topological polar surface area (TPSA) is 18.5 Å². The molecule has 0 bridgehead atoms. The van der Waals surface area contributed by atoms with Crippen molar-refractivity contribution in [1.82, 2.24) is 0 Å². The number of hydrogen-bond acceptors (Lipinski definition) is 2. The lowest BCUT2D eigenvalue weighted by Gasteiger charge is -2.20. The van der Waals surface area contributed by atoms with Crippen LogP contribution in [0.4, 0.5) is 0 Å². The van der Waals surface area contributed by atoms with E-state index >= 15 is 0 Å². The normalized spacial score (nSPS) is 11.1. The van der Waals surface area contributed by atoms with Crippen molar-refractivity contribution in [1.29, 1.82) is 0 Å². The molecule has 0 aliphatic carbocycles. The molecular formula is C23H21O2P. The second-order valence-corrected chi connectivity index (χ2v) is 6.80. The smallest absolute Gasteiger partial charge is 0.134 e. The summed E-state index contributed by atoms with van der Waals surface area (Å²) in [6.45, 7) is 4.17. The summed E-state index contributed by atoms with van der Waals surface area (Å²) in [5, 5.41) is 4.71. The lowest BCUT2D eigenvalue weighted by molar-refractivity contribution is 0.414. The SMILES string of the molecule is COc1c(C)cc2ccccc2c1-c1c(OP)c(C)cc2ccccc12. The fourth-order valence-corrected chi connectivity index (χ4v) is 4.15. The van der Waals surface area contributed by atoms with E-state index < -0.39 is 0 Å². The zero-order valence-electron chi connectivity index (χ0n) is 15.2. The van der Waals surface area contributed by atoms with Crippen molar-refractivity contribution in [3.63, 3.8) is 0 Å². The van der Waals surface area contributed by atoms with Crippen LogP contribution in [0.3, 0.4) is 0 Å². The molecule has 0 radical (unpaired) electrons. The lowest BCUT2D eigenvalue weighted by Crippen LogP contribution is -1.96. The molecule has 0 amide bonds. The van der Waals surface area contributed by atoms with Crippen molar-refractivity contribution < 1.29 is 9.26 Å². The molecule has 2 nitrogen and oxygen atoms in total. The predicted molar refractivity (Wildman–Crippen MR) is 113 cm³/mol. The summed E-state index contributed by atoms with van der Waals surface area (Å²) in [4.78, 5) is 0. The summed E-state index contributed by atoms with van der Waals surface area (Å²) in [7, 11) is 4.14. The zero-order valence-corrected chi connectivity index (χ0v) is 16.3. The summed E-state index contributed by atoms with van der Waals surface area (Å²) in [5.74, 6) is 1.76. The van der Waals surface area contributed by atoms with Gasteiger partial charge in [0.2, 0.25) is 0 Å². The van der Waals surface area contributed by atoms with Gasteiger partial charge in [-0.2, -0.15) is 0 Å². The van der Waals surface area contributed by atoms with Gasteiger partial charge in [0.25, 0.3) is 0 Å². The summed E-state index contributed by atoms with van der Waals surface area (Å²) < 4.78 is 11.7. The predicted octanol–water partition coefficient (Wildman–Crippen LogP) is 6.45. The van der Waals surface area contributed by atoms with Crippen LogP contribution in [0, 0.1) is 13.8 Å². The maximum atomic E-state index is 5.86. The molecule has 0 saturated heterocycles. The summed E-state index contributed by atoms with van der Waals surface area (Å²) in [6.07, 6.45) is 0. The summed E-state index contributed by atoms with van der Waals surface area (Å²) in [6, 6.07) is 21.2. The first-order valence-corrected chi connectivity index (χ1v) is 9.08. The average Bonchev–Trinajstić information content (AvgIpc) is 2.66. The monoisotopic (exact) mass is 360 g/mol. The Morgan fingerprint density at radius 2 is 1.15 bits per heavy atom. The van der Waals surface area contributed by atoms with E-state index in [4.69, 9.17) is 9.26 Å². The second-order valence-electron chi connectivity index (χ2n) is 6.56. The molecule has 4 rings (SSSR count). The number of hydrogen-bond donors (Lipinski definition) is 0. The van der Waals surface area contributed by atoms with Gasteiger partial charge in [0.05, 0.1) is 16.6 Å². The third-order valence-electron chi connectivity index (χ3n) is 4.95. The van der Waals surface area contributed by atoms with Crippen molar-refractivity contribution in [3.05, 3.63) is 71.8 Å². The van der Waals surface area contributed by atoms with Gasteiger partial charge in [0.15, 0.2) is 0 Å². The Labute approximate surface area is 156 Å². The van der Waals surface area contributed by atoms with Crippen LogP contribution in [0.25, 0.3) is 32.7 Å². The largest absolute Gasteiger partial charge is 0.496 e. The van der Waals surface area contributed by atoms with Crippen LogP contribution in [0.5, 0.6) is 11.5 Å². The molecule has 0 saturated carbocycles. The maximum absolute atomic E-state index is 5.86. The van der Waals surface area contributed by atoms with Gasteiger partial charge < -0.3 is 9.26 Å². The van der Waals surface area contributed by atoms with E-state index in [-0.39, 0.29) is 0 Å². The third-order valence-corrected chi connectivity index (χ3v) is 5.18. The first-order chi connectivity index (χ1) is 12.7. The molecule has 1 unspecified atom stereocenters. The zero-order chi connectivity index (χ0) is 18.3. The van der Waals surface area contributed by atoms with Gasteiger partial charge in [-0.3, -0.25) is 0 Å². The van der Waals surface area contributed by atoms with Gasteiger partial charge in [-0.15, -0.1) is 0 Å². The Bertz CT molecular complexity index is 1040. The highest BCUT2D eigenvalue weighted by atomic mass is 31.0. The van der Waals surface area contributed by atoms with Gasteiger partial charge in [0, 0.05) is 11.1 Å². The highest BCUT2D eigenvalue weighted by Gasteiger charge is 2.21. The van der Waals surface area contributed by atoms with E-state index in [1.54, 1.807) is 7.11 Å². The number of aryl methyl sites for hydroxylation is 2. The molecule has 0 aliphatic rings. The molecule has 0 N–H and O–H groups in total. The summed E-state index contributed by atoms with van der Waals surface area (Å²) >= 11 is 0. The van der Waals surface area contributed by atoms with Crippen LogP contribution < -0.4 is 9.26 Å². The Morgan fingerprint density at radius 1 is 0.692 bits per heavy atom. The number of methoxy groups -OCH3 is 1. The highest BCUT2D eigenvalue weighted by molar-refractivity contribution is 7.10. The van der Waals surface area contributed by atoms with Crippen LogP contribution in [0.1, 0.15) is 11.1 Å². The molecule has 3 heteroatoms. The van der Waals surface area contributed by atoms with E-state index in [1.165, 1.54) is 10.8 Å². The molecule has 26 heavy (non-hydrogen) atoms. The molecule has 130 valence electrons. The molecule has 4 aromatic carbocycles. The molecule has 0 spiro atoms. The highest BCUT2D eigenvalue weighted by Crippen LogP contribution is 2.48. The number of fused-ring (bicyclic) bond motifs is 2. The van der Waals surface area contributed by atoms with Crippen molar-refractivity contribution >= 4 is 31.0 Å². The first kappa shape index (κ1) is 16.9. The van der Waals surface area contributed by atoms with Gasteiger partial charge in [-0.1, -0.05) is 48.5 Å². The second kappa shape index (κ2) is 6.63. The van der Waals surface area contributed by atoms with E-state index in [2.05, 4.69) is 84.0 Å². The van der Waals surface area contributed by atoms with Crippen molar-refractivity contribution in [2.24, 2.45) is 0 Å². The van der Waals surface area contributed by atoms with Crippen molar-refractivity contribution in [2.45, 2.75) is 13.8 Å². The number of ether oxygens (including phenoxy) is 1. The molecule has 0 aliphatic heterocycles. The van der Waals surface area contributed by atoms with Gasteiger partial charge >= 0.3 is 0 Å². The lowest BCUT2D eigenvalue weighted by atomic mass is 9.89. The number of benzene rings is 4. The molecule has 0 fully saturated rings. The van der Waals surface area contributed by atoms with E-state index in [0.717, 1.165) is 44.5 Å². The van der Waals surface area contributed by atoms with Crippen LogP contribution in [-0.2, 0) is 0 Å². The maximum Gasteiger partial charge on any atom is 0.134 e. The Kier molecular flexibility index (Phi) is 4.30. The molecule has 0 heterocycles. The van der Waals surface area contributed by atoms with Gasteiger partial charge in [-0.05, 0) is 58.7 Å². The summed E-state index contributed by atoms with van der Waals surface area (Å²) in [5.41, 5.74) is 4.37. The van der Waals surface area contributed by atoms with Gasteiger partial charge in [0.1, 0.15) is 11.5 Å². The first-order valence-electron chi connectivity index (χ1n) is 8.61. The molecular weight excluding hydrogens is 339 g/mol. The quantitative estimate of drug-likeness (QED) is 0.391. The minimum atomic E-state index is 0.864. The van der Waals surface area contributed by atoms with Crippen LogP contribution in [-0.4, -0.2) is 7.11 Å². The van der Waals surface area contributed by atoms with Crippen LogP contribution in [0.2, 0.25) is 0 Å². The van der Waals surface area contributed by atoms with Crippen LogP contribution in [0.15, 0.2) is 60.7 Å². The molecule has 1 atom stereocenters. The van der Waals surface area contributed by atoms with E-state index in [1.807, 2.05) is 0 Å². The molecule has 0 aromatic heterocycles. The fourth-order valence-electron chi connectivity index (χ4n) is 3.85. The molecule has 4 aromatic rings. The van der Waals surface area contributed by atoms with E-state index in [9.17, 15) is 0 Å². The Balaban J connectivity index is 2.27. The van der Waals surface area contributed by atoms with Crippen molar-refractivity contribution in [3.8, 4) is 22.6 Å². The minimum Gasteiger partial charge on any atom is -0.496 e. The van der Waals surface area contributed by atoms with Crippen molar-refractivity contribution in [2.75, 3.05) is 7.11 Å². The Morgan fingerprint density at radius 3 is 1.65 bits per heavy atom. The Hall–Kier alpha value is -2.57. The fraction of sp³-hybridized carbons (Fsp3) is 0.130. The van der Waals surface area contributed by atoms with Gasteiger partial charge in [-0.25, -0.2) is 0 Å². The standard InChI is InChI=1S/C23H21O2P/c1-14-12-16-8-4-6-10-18(16)20(22(14)24-3)21-19-11-7-5-9-17(19)13-15(2)23(21)25-26/h4-13H,26H2,1-3H3. The average molecular weight is 360 g/mol. The van der Waals surface area contributed by atoms with E-state index in [0.29, 0.717) is 0 Å². The third kappa shape index (κ3) is 2.53.